The first-order valence-electron chi connectivity index (χ1n) is 7.77. The van der Waals surface area contributed by atoms with Gasteiger partial charge in [-0.15, -0.1) is 0 Å². The maximum atomic E-state index is 12.7. The molecule has 0 aromatic heterocycles. The van der Waals surface area contributed by atoms with E-state index < -0.39 is 5.54 Å². The molecule has 0 aliphatic rings. The SMILES string of the molecule is COc1ccc(OC)c(C(C)NC(=O)C(C)(N)c2ccccc2)c1. The monoisotopic (exact) mass is 328 g/mol. The van der Waals surface area contributed by atoms with Crippen LogP contribution in [0.15, 0.2) is 48.5 Å². The first-order chi connectivity index (χ1) is 11.4. The molecule has 2 unspecified atom stereocenters. The van der Waals surface area contributed by atoms with Crippen LogP contribution in [0.2, 0.25) is 0 Å². The molecule has 3 N–H and O–H groups in total. The molecule has 5 heteroatoms. The Morgan fingerprint density at radius 3 is 2.38 bits per heavy atom. The molecule has 1 amide bonds. The van der Waals surface area contributed by atoms with Crippen molar-refractivity contribution in [1.82, 2.24) is 5.32 Å². The molecule has 5 nitrogen and oxygen atoms in total. The Morgan fingerprint density at radius 1 is 1.12 bits per heavy atom. The van der Waals surface area contributed by atoms with E-state index in [0.717, 1.165) is 11.1 Å². The Morgan fingerprint density at radius 2 is 1.79 bits per heavy atom. The lowest BCUT2D eigenvalue weighted by Gasteiger charge is -2.27. The van der Waals surface area contributed by atoms with Crippen molar-refractivity contribution < 1.29 is 14.3 Å². The van der Waals surface area contributed by atoms with Gasteiger partial charge in [0.15, 0.2) is 0 Å². The standard InChI is InChI=1S/C19H24N2O3/c1-13(16-12-15(23-3)10-11-17(16)24-4)21-18(22)19(2,20)14-8-6-5-7-9-14/h5-13H,20H2,1-4H3,(H,21,22). The summed E-state index contributed by atoms with van der Waals surface area (Å²) in [5.74, 6) is 1.12. The summed E-state index contributed by atoms with van der Waals surface area (Å²) < 4.78 is 10.6. The lowest BCUT2D eigenvalue weighted by Crippen LogP contribution is -2.49. The van der Waals surface area contributed by atoms with Crippen molar-refractivity contribution >= 4 is 5.91 Å². The minimum absolute atomic E-state index is 0.258. The molecule has 128 valence electrons. The molecule has 0 radical (unpaired) electrons. The number of nitrogens with two attached hydrogens (primary N) is 1. The van der Waals surface area contributed by atoms with E-state index in [1.807, 2.05) is 55.5 Å². The van der Waals surface area contributed by atoms with Crippen LogP contribution in [0, 0.1) is 0 Å². The van der Waals surface area contributed by atoms with Crippen LogP contribution in [0.5, 0.6) is 11.5 Å². The Hall–Kier alpha value is -2.53. The summed E-state index contributed by atoms with van der Waals surface area (Å²) in [5.41, 5.74) is 6.73. The van der Waals surface area contributed by atoms with Crippen LogP contribution < -0.4 is 20.5 Å². The first kappa shape index (κ1) is 17.8. The Balaban J connectivity index is 2.23. The van der Waals surface area contributed by atoms with Crippen molar-refractivity contribution in [3.8, 4) is 11.5 Å². The van der Waals surface area contributed by atoms with E-state index in [0.29, 0.717) is 11.5 Å². The fourth-order valence-electron chi connectivity index (χ4n) is 2.52. The van der Waals surface area contributed by atoms with Gasteiger partial charge in [0, 0.05) is 5.56 Å². The molecular weight excluding hydrogens is 304 g/mol. The van der Waals surface area contributed by atoms with Gasteiger partial charge >= 0.3 is 0 Å². The number of nitrogens with one attached hydrogen (secondary N) is 1. The largest absolute Gasteiger partial charge is 0.497 e. The zero-order valence-corrected chi connectivity index (χ0v) is 14.5. The average molecular weight is 328 g/mol. The van der Waals surface area contributed by atoms with E-state index in [4.69, 9.17) is 15.2 Å². The van der Waals surface area contributed by atoms with Gasteiger partial charge in [-0.1, -0.05) is 30.3 Å². The van der Waals surface area contributed by atoms with Crippen molar-refractivity contribution in [3.63, 3.8) is 0 Å². The summed E-state index contributed by atoms with van der Waals surface area (Å²) in [6, 6.07) is 14.5. The molecule has 2 aromatic rings. The molecule has 0 spiro atoms. The Labute approximate surface area is 142 Å². The topological polar surface area (TPSA) is 73.6 Å². The molecule has 2 rings (SSSR count). The number of methoxy groups -OCH3 is 2. The summed E-state index contributed by atoms with van der Waals surface area (Å²) in [6.07, 6.45) is 0. The van der Waals surface area contributed by atoms with Crippen LogP contribution in [-0.2, 0) is 10.3 Å². The second-order valence-electron chi connectivity index (χ2n) is 5.87. The van der Waals surface area contributed by atoms with Crippen molar-refractivity contribution in [2.45, 2.75) is 25.4 Å². The molecule has 2 atom stereocenters. The maximum absolute atomic E-state index is 12.7. The molecular formula is C19H24N2O3. The minimum atomic E-state index is -1.12. The quantitative estimate of drug-likeness (QED) is 0.855. The third kappa shape index (κ3) is 3.68. The van der Waals surface area contributed by atoms with Gasteiger partial charge < -0.3 is 20.5 Å². The number of hydrogen-bond acceptors (Lipinski definition) is 4. The fourth-order valence-corrected chi connectivity index (χ4v) is 2.52. The number of amides is 1. The molecule has 0 heterocycles. The average Bonchev–Trinajstić information content (AvgIpc) is 2.61. The number of carbonyl (C=O) groups is 1. The first-order valence-corrected chi connectivity index (χ1v) is 7.77. The molecule has 0 aliphatic heterocycles. The molecule has 0 saturated heterocycles. The van der Waals surface area contributed by atoms with E-state index in [-0.39, 0.29) is 11.9 Å². The van der Waals surface area contributed by atoms with Gasteiger partial charge in [-0.2, -0.15) is 0 Å². The summed E-state index contributed by atoms with van der Waals surface area (Å²) >= 11 is 0. The number of hydrogen-bond donors (Lipinski definition) is 2. The van der Waals surface area contributed by atoms with Crippen molar-refractivity contribution in [2.24, 2.45) is 5.73 Å². The highest BCUT2D eigenvalue weighted by molar-refractivity contribution is 5.87. The van der Waals surface area contributed by atoms with Crippen LogP contribution >= 0.6 is 0 Å². The third-order valence-corrected chi connectivity index (χ3v) is 4.10. The third-order valence-electron chi connectivity index (χ3n) is 4.10. The molecule has 0 bridgehead atoms. The van der Waals surface area contributed by atoms with Gasteiger partial charge in [0.1, 0.15) is 17.0 Å². The summed E-state index contributed by atoms with van der Waals surface area (Å²) in [7, 11) is 3.19. The lowest BCUT2D eigenvalue weighted by molar-refractivity contribution is -0.126. The summed E-state index contributed by atoms with van der Waals surface area (Å²) in [5, 5.41) is 2.96. The van der Waals surface area contributed by atoms with E-state index in [2.05, 4.69) is 5.32 Å². The molecule has 0 saturated carbocycles. The second kappa shape index (κ2) is 7.36. The lowest BCUT2D eigenvalue weighted by atomic mass is 9.91. The van der Waals surface area contributed by atoms with E-state index in [1.54, 1.807) is 21.1 Å². The van der Waals surface area contributed by atoms with Crippen molar-refractivity contribution in [3.05, 3.63) is 59.7 Å². The number of benzene rings is 2. The molecule has 0 aliphatic carbocycles. The van der Waals surface area contributed by atoms with Gasteiger partial charge in [0.2, 0.25) is 5.91 Å². The van der Waals surface area contributed by atoms with Crippen molar-refractivity contribution in [1.29, 1.82) is 0 Å². The van der Waals surface area contributed by atoms with Crippen LogP contribution in [0.1, 0.15) is 31.0 Å². The number of carbonyl (C=O) groups excluding carboxylic acids is 1. The van der Waals surface area contributed by atoms with Gasteiger partial charge in [0.25, 0.3) is 0 Å². The zero-order valence-electron chi connectivity index (χ0n) is 14.5. The Bertz CT molecular complexity index is 699. The van der Waals surface area contributed by atoms with Crippen molar-refractivity contribution in [2.75, 3.05) is 14.2 Å². The molecule has 2 aromatic carbocycles. The highest BCUT2D eigenvalue weighted by Crippen LogP contribution is 2.30. The maximum Gasteiger partial charge on any atom is 0.244 e. The van der Waals surface area contributed by atoms with Crippen LogP contribution in [0.3, 0.4) is 0 Å². The smallest absolute Gasteiger partial charge is 0.244 e. The fraction of sp³-hybridized carbons (Fsp3) is 0.316. The number of rotatable bonds is 6. The van der Waals surface area contributed by atoms with E-state index in [1.165, 1.54) is 0 Å². The van der Waals surface area contributed by atoms with E-state index in [9.17, 15) is 4.79 Å². The van der Waals surface area contributed by atoms with Crippen LogP contribution in [-0.4, -0.2) is 20.1 Å². The highest BCUT2D eigenvalue weighted by Gasteiger charge is 2.31. The molecule has 24 heavy (non-hydrogen) atoms. The zero-order chi connectivity index (χ0) is 17.7. The van der Waals surface area contributed by atoms with Crippen LogP contribution in [0.25, 0.3) is 0 Å². The highest BCUT2D eigenvalue weighted by atomic mass is 16.5. The van der Waals surface area contributed by atoms with Gasteiger partial charge in [0.05, 0.1) is 20.3 Å². The summed E-state index contributed by atoms with van der Waals surface area (Å²) in [6.45, 7) is 3.59. The summed E-state index contributed by atoms with van der Waals surface area (Å²) in [4.78, 5) is 12.7. The van der Waals surface area contributed by atoms with Gasteiger partial charge in [-0.3, -0.25) is 4.79 Å². The second-order valence-corrected chi connectivity index (χ2v) is 5.87. The van der Waals surface area contributed by atoms with Crippen LogP contribution in [0.4, 0.5) is 0 Å². The predicted octanol–water partition coefficient (Wildman–Crippen LogP) is 2.76. The predicted molar refractivity (Wildman–Crippen MR) is 94.1 cm³/mol. The normalized spacial score (nSPS) is 14.4. The number of ether oxygens (including phenoxy) is 2. The van der Waals surface area contributed by atoms with E-state index >= 15 is 0 Å². The Kier molecular flexibility index (Phi) is 5.46. The minimum Gasteiger partial charge on any atom is -0.497 e. The van der Waals surface area contributed by atoms with Gasteiger partial charge in [-0.25, -0.2) is 0 Å². The van der Waals surface area contributed by atoms with Gasteiger partial charge in [-0.05, 0) is 37.6 Å². The molecule has 0 fully saturated rings.